The van der Waals surface area contributed by atoms with Crippen molar-refractivity contribution in [2.24, 2.45) is 0 Å². The molecule has 1 aliphatic rings. The first kappa shape index (κ1) is 15.7. The number of nitrogens with zero attached hydrogens (tertiary/aromatic N) is 2. The zero-order chi connectivity index (χ0) is 16.1. The smallest absolute Gasteiger partial charge is 0.213 e. The van der Waals surface area contributed by atoms with E-state index >= 15 is 0 Å². The van der Waals surface area contributed by atoms with Gasteiger partial charge in [-0.05, 0) is 43.3 Å². The molecule has 2 heterocycles. The minimum Gasteiger partial charge on any atom is -0.481 e. The fourth-order valence-corrected chi connectivity index (χ4v) is 3.34. The molecule has 0 radical (unpaired) electrons. The Morgan fingerprint density at radius 2 is 2.00 bits per heavy atom. The summed E-state index contributed by atoms with van der Waals surface area (Å²) >= 11 is 5.50. The van der Waals surface area contributed by atoms with Gasteiger partial charge >= 0.3 is 0 Å². The van der Waals surface area contributed by atoms with Crippen molar-refractivity contribution in [2.75, 3.05) is 12.4 Å². The number of nitrogens with one attached hydrogen (secondary N) is 2. The lowest BCUT2D eigenvalue weighted by atomic mass is 9.93. The highest BCUT2D eigenvalue weighted by Gasteiger charge is 2.37. The Morgan fingerprint density at radius 3 is 2.61 bits per heavy atom. The summed E-state index contributed by atoms with van der Waals surface area (Å²) in [6.07, 6.45) is 7.96. The maximum Gasteiger partial charge on any atom is 0.213 e. The quantitative estimate of drug-likeness (QED) is 0.840. The molecule has 5 nitrogen and oxygen atoms in total. The van der Waals surface area contributed by atoms with Crippen LogP contribution in [0.2, 0.25) is 0 Å². The van der Waals surface area contributed by atoms with Gasteiger partial charge in [0.2, 0.25) is 5.88 Å². The number of pyridine rings is 2. The van der Waals surface area contributed by atoms with Crippen molar-refractivity contribution in [1.82, 2.24) is 15.3 Å². The fourth-order valence-electron chi connectivity index (χ4n) is 3.02. The standard InChI is InChI=1S/C17H20N4OS/c1-22-15-8-7-13(12-19-15)20-16(23)21-17(9-3-4-10-17)14-6-2-5-11-18-14/h2,5-8,11-12H,3-4,9-10H2,1H3,(H2,20,21,23). The lowest BCUT2D eigenvalue weighted by Gasteiger charge is -2.31. The molecule has 1 fully saturated rings. The van der Waals surface area contributed by atoms with E-state index in [4.69, 9.17) is 17.0 Å². The number of aromatic nitrogens is 2. The number of methoxy groups -OCH3 is 1. The third-order valence-corrected chi connectivity index (χ3v) is 4.37. The van der Waals surface area contributed by atoms with Crippen LogP contribution in [0.3, 0.4) is 0 Å². The molecule has 1 saturated carbocycles. The first-order valence-electron chi connectivity index (χ1n) is 7.73. The molecule has 0 bridgehead atoms. The number of hydrogen-bond acceptors (Lipinski definition) is 4. The summed E-state index contributed by atoms with van der Waals surface area (Å²) in [5.74, 6) is 0.579. The van der Waals surface area contributed by atoms with Crippen LogP contribution in [0.5, 0.6) is 5.88 Å². The SMILES string of the molecule is COc1ccc(NC(=S)NC2(c3ccccn3)CCCC2)cn1. The fraction of sp³-hybridized carbons (Fsp3) is 0.353. The summed E-state index contributed by atoms with van der Waals surface area (Å²) in [5, 5.41) is 7.26. The van der Waals surface area contributed by atoms with Crippen LogP contribution >= 0.6 is 12.2 Å². The van der Waals surface area contributed by atoms with Gasteiger partial charge in [-0.2, -0.15) is 0 Å². The van der Waals surface area contributed by atoms with E-state index in [1.165, 1.54) is 12.8 Å². The van der Waals surface area contributed by atoms with Crippen molar-refractivity contribution >= 4 is 23.0 Å². The Balaban J connectivity index is 1.71. The highest BCUT2D eigenvalue weighted by Crippen LogP contribution is 2.37. The zero-order valence-corrected chi connectivity index (χ0v) is 13.9. The third kappa shape index (κ3) is 3.59. The molecule has 2 aromatic rings. The number of rotatable bonds is 4. The Hall–Kier alpha value is -2.21. The Kier molecular flexibility index (Phi) is 4.71. The minimum absolute atomic E-state index is 0.175. The van der Waals surface area contributed by atoms with Crippen LogP contribution in [-0.4, -0.2) is 22.2 Å². The van der Waals surface area contributed by atoms with Crippen LogP contribution in [-0.2, 0) is 5.54 Å². The van der Waals surface area contributed by atoms with Gasteiger partial charge in [0.05, 0.1) is 30.2 Å². The summed E-state index contributed by atoms with van der Waals surface area (Å²) < 4.78 is 5.06. The van der Waals surface area contributed by atoms with E-state index in [2.05, 4.69) is 26.7 Å². The van der Waals surface area contributed by atoms with Crippen LogP contribution in [0.25, 0.3) is 0 Å². The molecule has 23 heavy (non-hydrogen) atoms. The second-order valence-corrected chi connectivity index (χ2v) is 6.08. The van der Waals surface area contributed by atoms with Crippen molar-refractivity contribution in [3.8, 4) is 5.88 Å². The van der Waals surface area contributed by atoms with Gasteiger partial charge in [-0.25, -0.2) is 4.98 Å². The van der Waals surface area contributed by atoms with Crippen molar-refractivity contribution < 1.29 is 4.74 Å². The molecule has 3 rings (SSSR count). The predicted octanol–water partition coefficient (Wildman–Crippen LogP) is 3.24. The zero-order valence-electron chi connectivity index (χ0n) is 13.1. The molecule has 0 amide bonds. The summed E-state index contributed by atoms with van der Waals surface area (Å²) in [6.45, 7) is 0. The molecule has 0 atom stereocenters. The molecule has 0 spiro atoms. The molecular weight excluding hydrogens is 308 g/mol. The molecule has 0 saturated heterocycles. The van der Waals surface area contributed by atoms with Crippen LogP contribution in [0.15, 0.2) is 42.7 Å². The summed E-state index contributed by atoms with van der Waals surface area (Å²) in [7, 11) is 1.60. The summed E-state index contributed by atoms with van der Waals surface area (Å²) in [5.41, 5.74) is 1.71. The van der Waals surface area contributed by atoms with Gasteiger partial charge in [-0.1, -0.05) is 18.9 Å². The summed E-state index contributed by atoms with van der Waals surface area (Å²) in [4.78, 5) is 8.71. The van der Waals surface area contributed by atoms with Crippen molar-refractivity contribution in [3.63, 3.8) is 0 Å². The van der Waals surface area contributed by atoms with E-state index in [1.807, 2.05) is 24.4 Å². The molecule has 1 aliphatic carbocycles. The molecule has 0 aliphatic heterocycles. The Bertz CT molecular complexity index is 654. The highest BCUT2D eigenvalue weighted by atomic mass is 32.1. The normalized spacial score (nSPS) is 15.9. The number of thiocarbonyl (C=S) groups is 1. The van der Waals surface area contributed by atoms with Crippen molar-refractivity contribution in [1.29, 1.82) is 0 Å². The lowest BCUT2D eigenvalue weighted by molar-refractivity contribution is 0.395. The van der Waals surface area contributed by atoms with E-state index in [1.54, 1.807) is 19.4 Å². The molecule has 2 aromatic heterocycles. The van der Waals surface area contributed by atoms with E-state index in [9.17, 15) is 0 Å². The van der Waals surface area contributed by atoms with Crippen LogP contribution < -0.4 is 15.4 Å². The van der Waals surface area contributed by atoms with E-state index in [-0.39, 0.29) is 5.54 Å². The van der Waals surface area contributed by atoms with Gasteiger partial charge in [-0.3, -0.25) is 4.98 Å². The predicted molar refractivity (Wildman–Crippen MR) is 94.5 cm³/mol. The van der Waals surface area contributed by atoms with Gasteiger partial charge in [0.15, 0.2) is 5.11 Å². The van der Waals surface area contributed by atoms with E-state index in [0.717, 1.165) is 24.2 Å². The van der Waals surface area contributed by atoms with Gasteiger partial charge in [-0.15, -0.1) is 0 Å². The second kappa shape index (κ2) is 6.91. The van der Waals surface area contributed by atoms with Crippen LogP contribution in [0.4, 0.5) is 5.69 Å². The lowest BCUT2D eigenvalue weighted by Crippen LogP contribution is -2.46. The molecule has 0 aromatic carbocycles. The van der Waals surface area contributed by atoms with Gasteiger partial charge in [0.25, 0.3) is 0 Å². The van der Waals surface area contributed by atoms with Crippen LogP contribution in [0, 0.1) is 0 Å². The third-order valence-electron chi connectivity index (χ3n) is 4.17. The van der Waals surface area contributed by atoms with E-state index < -0.39 is 0 Å². The van der Waals surface area contributed by atoms with Gasteiger partial charge in [0.1, 0.15) is 0 Å². The topological polar surface area (TPSA) is 59.1 Å². The van der Waals surface area contributed by atoms with E-state index in [0.29, 0.717) is 11.0 Å². The second-order valence-electron chi connectivity index (χ2n) is 5.67. The molecular formula is C17H20N4OS. The number of ether oxygens (including phenoxy) is 1. The highest BCUT2D eigenvalue weighted by molar-refractivity contribution is 7.80. The van der Waals surface area contributed by atoms with Crippen molar-refractivity contribution in [3.05, 3.63) is 48.4 Å². The van der Waals surface area contributed by atoms with Crippen LogP contribution in [0.1, 0.15) is 31.4 Å². The first-order chi connectivity index (χ1) is 11.2. The largest absolute Gasteiger partial charge is 0.481 e. The minimum atomic E-state index is -0.175. The average Bonchev–Trinajstić information content (AvgIpc) is 3.06. The Morgan fingerprint density at radius 1 is 1.17 bits per heavy atom. The average molecular weight is 328 g/mol. The molecule has 6 heteroatoms. The molecule has 2 N–H and O–H groups in total. The summed E-state index contributed by atoms with van der Waals surface area (Å²) in [6, 6.07) is 9.71. The monoisotopic (exact) mass is 328 g/mol. The number of anilines is 1. The Labute approximate surface area is 141 Å². The molecule has 120 valence electrons. The number of hydrogen-bond donors (Lipinski definition) is 2. The molecule has 0 unspecified atom stereocenters. The van der Waals surface area contributed by atoms with Crippen molar-refractivity contribution in [2.45, 2.75) is 31.2 Å². The maximum atomic E-state index is 5.50. The maximum absolute atomic E-state index is 5.50. The first-order valence-corrected chi connectivity index (χ1v) is 8.13. The van der Waals surface area contributed by atoms with Gasteiger partial charge in [0, 0.05) is 12.3 Å². The van der Waals surface area contributed by atoms with Gasteiger partial charge < -0.3 is 15.4 Å².